The van der Waals surface area contributed by atoms with Gasteiger partial charge in [0.05, 0.1) is 5.34 Å². The van der Waals surface area contributed by atoms with Gasteiger partial charge in [0.2, 0.25) is 0 Å². The van der Waals surface area contributed by atoms with Crippen LogP contribution in [0.15, 0.2) is 138 Å². The molecule has 0 unspecified atom stereocenters. The van der Waals surface area contributed by atoms with E-state index in [2.05, 4.69) is 40.8 Å². The third kappa shape index (κ3) is 30.6. The van der Waals surface area contributed by atoms with E-state index in [9.17, 15) is 40.9 Å². The normalized spacial score (nSPS) is 14.6. The van der Waals surface area contributed by atoms with Crippen molar-refractivity contribution in [3.63, 3.8) is 0 Å². The predicted octanol–water partition coefficient (Wildman–Crippen LogP) is 3.98. The third-order valence-electron chi connectivity index (χ3n) is 7.57. The Kier molecular flexibility index (Phi) is 46.4. The molecule has 0 bridgehead atoms. The van der Waals surface area contributed by atoms with Crippen molar-refractivity contribution in [2.24, 2.45) is 40.8 Å². The van der Waals surface area contributed by atoms with E-state index in [0.717, 1.165) is 84.9 Å². The Labute approximate surface area is 500 Å². The van der Waals surface area contributed by atoms with Crippen molar-refractivity contribution >= 4 is 158 Å². The average Bonchev–Trinajstić information content (AvgIpc) is 4.30. The number of nitrogens with zero attached hydrogens (tertiary/aromatic N) is 8. The Morgan fingerprint density at radius 2 is 0.520 bits per heavy atom. The van der Waals surface area contributed by atoms with E-state index in [1.807, 2.05) is 0 Å². The van der Waals surface area contributed by atoms with Crippen LogP contribution >= 0.6 is 117 Å². The zero-order chi connectivity index (χ0) is 54.2. The SMILES string of the molecule is CO.C[O-].C[O-].ClCCl.[Cr+3].[Cr+3].[O-]/C(=N\N=C1SCCS1)c1ccccc1O.[O-]/C(=N\N=C1SCCS1)c1ccccc1O.[O-]/C(=N\N=C1SCCS1)c1ccccc1O.[O-]/C(=N\N=C1SCCS1)c1ccccc1O. The summed E-state index contributed by atoms with van der Waals surface area (Å²) in [4.78, 5) is 0. The minimum absolute atomic E-state index is 0. The summed E-state index contributed by atoms with van der Waals surface area (Å²) in [5.41, 5.74) is 0.722. The van der Waals surface area contributed by atoms with Gasteiger partial charge in [-0.2, -0.15) is 34.6 Å². The molecule has 0 aliphatic carbocycles. The Bertz CT molecular complexity index is 2140. The average molecular weight is 1300 g/mol. The molecule has 4 heterocycles. The van der Waals surface area contributed by atoms with Crippen molar-refractivity contribution in [2.75, 3.05) is 72.7 Å². The van der Waals surface area contributed by atoms with Gasteiger partial charge in [-0.15, -0.1) is 43.6 Å². The van der Waals surface area contributed by atoms with Gasteiger partial charge in [-0.05, 0) is 24.3 Å². The number of benzene rings is 4. The molecule has 0 spiro atoms. The number of alkyl halides is 2. The summed E-state index contributed by atoms with van der Waals surface area (Å²) in [5, 5.41) is 137. The van der Waals surface area contributed by atoms with Crippen LogP contribution in [0.1, 0.15) is 22.3 Å². The number of hydrogen-bond donors (Lipinski definition) is 5. The van der Waals surface area contributed by atoms with Gasteiger partial charge in [-0.1, -0.05) is 167 Å². The quantitative estimate of drug-likeness (QED) is 0.0721. The van der Waals surface area contributed by atoms with E-state index >= 15 is 0 Å². The molecule has 0 amide bonds. The molecule has 31 heteroatoms. The summed E-state index contributed by atoms with van der Waals surface area (Å²) in [7, 11) is 2.50. The molecular weight excluding hydrogens is 1250 g/mol. The van der Waals surface area contributed by atoms with Gasteiger partial charge in [0.25, 0.3) is 0 Å². The molecule has 404 valence electrons. The molecule has 4 aromatic carbocycles. The molecule has 4 aliphatic heterocycles. The standard InChI is InChI=1S/4C10H10N2O2S2.CH2Cl2.CH4O.2CH3O.2Cr/c4*13-8-4-2-1-3-7(8)9(14)11-12-10-15-5-6-16-10;2-1-3;3*1-2;;/h4*1-4,13H,5-6H2,(H,11,14);1H2;2H,1H3;2*1H3;;/q;;;;;;2*-1;2*+3/p-4. The van der Waals surface area contributed by atoms with Crippen LogP contribution in [0.4, 0.5) is 0 Å². The molecule has 0 aromatic heterocycles. The zero-order valence-corrected chi connectivity index (χ0v) is 50.3. The number of para-hydroxylation sites is 4. The fourth-order valence-corrected chi connectivity index (χ4v) is 12.8. The maximum atomic E-state index is 11.6. The van der Waals surface area contributed by atoms with E-state index < -0.39 is 23.6 Å². The zero-order valence-electron chi connectivity index (χ0n) is 39.7. The first-order valence-electron chi connectivity index (χ1n) is 20.3. The summed E-state index contributed by atoms with van der Waals surface area (Å²) in [5.74, 6) is 5.70. The second-order valence-corrected chi connectivity index (χ2v) is 22.6. The first kappa shape index (κ1) is 74.0. The number of aromatic hydroxyl groups is 4. The molecule has 4 fully saturated rings. The van der Waals surface area contributed by atoms with Gasteiger partial charge in [0.1, 0.15) is 23.0 Å². The summed E-state index contributed by atoms with van der Waals surface area (Å²) in [6.07, 6.45) is 0. The molecule has 2 radical (unpaired) electrons. The first-order chi connectivity index (χ1) is 35.5. The summed E-state index contributed by atoms with van der Waals surface area (Å²) < 4.78 is 3.24. The molecule has 8 rings (SSSR count). The number of aliphatic hydroxyl groups is 1. The van der Waals surface area contributed by atoms with Gasteiger partial charge in [0.15, 0.2) is 17.5 Å². The fraction of sp³-hybridized carbons (Fsp3) is 0.273. The summed E-state index contributed by atoms with van der Waals surface area (Å²) in [6.45, 7) is 0. The van der Waals surface area contributed by atoms with E-state index in [4.69, 9.17) is 38.5 Å². The number of thioether (sulfide) groups is 8. The number of halogens is 2. The van der Waals surface area contributed by atoms with Gasteiger partial charge in [0, 0.05) is 99.0 Å². The van der Waals surface area contributed by atoms with E-state index in [-0.39, 0.29) is 85.3 Å². The Morgan fingerprint density at radius 1 is 0.373 bits per heavy atom. The van der Waals surface area contributed by atoms with Gasteiger partial charge >= 0.3 is 34.7 Å². The molecule has 75 heavy (non-hydrogen) atoms. The van der Waals surface area contributed by atoms with Crippen LogP contribution in [0.3, 0.4) is 0 Å². The van der Waals surface area contributed by atoms with Crippen LogP contribution in [0.2, 0.25) is 0 Å². The monoisotopic (exact) mass is 1290 g/mol. The number of hydrogen-bond acceptors (Lipinski definition) is 27. The van der Waals surface area contributed by atoms with Crippen molar-refractivity contribution < 1.29 is 90.9 Å². The summed E-state index contributed by atoms with van der Waals surface area (Å²) >= 11 is 22.2. The van der Waals surface area contributed by atoms with Crippen LogP contribution in [-0.4, -0.2) is 139 Å². The molecule has 4 aromatic rings. The van der Waals surface area contributed by atoms with Gasteiger partial charge < -0.3 is 56.2 Å². The van der Waals surface area contributed by atoms with Crippen molar-refractivity contribution in [1.82, 2.24) is 0 Å². The number of phenols is 4. The summed E-state index contributed by atoms with van der Waals surface area (Å²) in [6, 6.07) is 25.2. The van der Waals surface area contributed by atoms with Crippen molar-refractivity contribution in [3.05, 3.63) is 119 Å². The number of rotatable bonds is 8. The molecule has 19 nitrogen and oxygen atoms in total. The van der Waals surface area contributed by atoms with Crippen LogP contribution in [-0.2, 0) is 34.7 Å². The van der Waals surface area contributed by atoms with Crippen LogP contribution < -0.4 is 30.6 Å². The fourth-order valence-electron chi connectivity index (χ4n) is 4.61. The molecule has 4 saturated heterocycles. The van der Waals surface area contributed by atoms with Crippen LogP contribution in [0, 0.1) is 0 Å². The van der Waals surface area contributed by atoms with E-state index in [0.29, 0.717) is 0 Å². The van der Waals surface area contributed by atoms with Crippen molar-refractivity contribution in [2.45, 2.75) is 0 Å². The maximum Gasteiger partial charge on any atom is 3.00 e. The van der Waals surface area contributed by atoms with Crippen molar-refractivity contribution in [3.8, 4) is 23.0 Å². The van der Waals surface area contributed by atoms with Crippen molar-refractivity contribution in [1.29, 1.82) is 0 Å². The number of phenolic OH excluding ortho intramolecular Hbond substituents is 4. The van der Waals surface area contributed by atoms with Gasteiger partial charge in [-0.3, -0.25) is 0 Å². The first-order valence-corrected chi connectivity index (χ1v) is 29.3. The second kappa shape index (κ2) is 47.0. The smallest absolute Gasteiger partial charge is 0.857 e. The third-order valence-corrected chi connectivity index (χ3v) is 17.3. The van der Waals surface area contributed by atoms with Gasteiger partial charge in [-0.25, -0.2) is 0 Å². The molecule has 4 aliphatic rings. The Morgan fingerprint density at radius 3 is 0.667 bits per heavy atom. The van der Waals surface area contributed by atoms with E-state index in [1.54, 1.807) is 143 Å². The Hall–Kier alpha value is -3.04. The topological polar surface area (TPSA) is 338 Å². The largest absolute Gasteiger partial charge is 3.00 e. The Balaban J connectivity index is 0. The number of aliphatic hydroxyl groups excluding tert-OH is 1. The van der Waals surface area contributed by atoms with Crippen LogP contribution in [0.5, 0.6) is 23.0 Å². The minimum atomic E-state index is -0.515. The molecule has 0 atom stereocenters. The predicted molar refractivity (Wildman–Crippen MR) is 305 cm³/mol. The molecular formula is C44H48Cl2Cr2N8O11S8. The molecule has 0 saturated carbocycles. The molecule has 5 N–H and O–H groups in total. The van der Waals surface area contributed by atoms with Crippen LogP contribution in [0.25, 0.3) is 0 Å². The van der Waals surface area contributed by atoms with E-state index in [1.165, 1.54) is 48.5 Å². The maximum absolute atomic E-state index is 11.6. The minimum Gasteiger partial charge on any atom is -0.857 e. The second-order valence-electron chi connectivity index (χ2n) is 12.0.